The summed E-state index contributed by atoms with van der Waals surface area (Å²) < 4.78 is 0. The van der Waals surface area contributed by atoms with E-state index in [1.807, 2.05) is 0 Å². The van der Waals surface area contributed by atoms with Crippen LogP contribution in [-0.2, 0) is 6.61 Å². The van der Waals surface area contributed by atoms with E-state index < -0.39 is 0 Å². The summed E-state index contributed by atoms with van der Waals surface area (Å²) >= 11 is 0. The number of aliphatic hydroxyl groups is 1. The lowest BCUT2D eigenvalue weighted by molar-refractivity contribution is 0.261. The van der Waals surface area contributed by atoms with Gasteiger partial charge in [-0.05, 0) is 18.8 Å². The van der Waals surface area contributed by atoms with Gasteiger partial charge in [-0.15, -0.1) is 0 Å². The molecule has 12 heavy (non-hydrogen) atoms. The molecule has 1 heterocycles. The molecule has 0 aliphatic heterocycles. The minimum absolute atomic E-state index is 0.108. The highest BCUT2D eigenvalue weighted by atomic mass is 16.3. The van der Waals surface area contributed by atoms with E-state index in [9.17, 15) is 0 Å². The van der Waals surface area contributed by atoms with E-state index in [2.05, 4.69) is 17.1 Å². The van der Waals surface area contributed by atoms with E-state index in [0.717, 1.165) is 17.2 Å². The molecule has 0 bridgehead atoms. The second kappa shape index (κ2) is 2.90. The fourth-order valence-electron chi connectivity index (χ4n) is 1.94. The third-order valence-electron chi connectivity index (χ3n) is 2.70. The van der Waals surface area contributed by atoms with Gasteiger partial charge in [0.25, 0.3) is 0 Å². The summed E-state index contributed by atoms with van der Waals surface area (Å²) in [5.74, 6) is 1.45. The quantitative estimate of drug-likeness (QED) is 0.698. The van der Waals surface area contributed by atoms with Crippen molar-refractivity contribution in [2.45, 2.75) is 32.3 Å². The maximum absolute atomic E-state index is 8.98. The molecule has 3 heteroatoms. The maximum atomic E-state index is 8.98. The molecule has 2 rings (SSSR count). The normalized spacial score (nSPS) is 28.5. The summed E-state index contributed by atoms with van der Waals surface area (Å²) in [5, 5.41) is 15.9. The van der Waals surface area contributed by atoms with Gasteiger partial charge in [0, 0.05) is 17.2 Å². The van der Waals surface area contributed by atoms with Crippen LogP contribution in [0.5, 0.6) is 0 Å². The van der Waals surface area contributed by atoms with Crippen molar-refractivity contribution in [3.8, 4) is 0 Å². The zero-order valence-corrected chi connectivity index (χ0v) is 7.25. The molecule has 66 valence electrons. The Kier molecular flexibility index (Phi) is 1.89. The predicted molar refractivity (Wildman–Crippen MR) is 45.6 cm³/mol. The van der Waals surface area contributed by atoms with Gasteiger partial charge in [0.2, 0.25) is 0 Å². The van der Waals surface area contributed by atoms with Crippen LogP contribution in [0.25, 0.3) is 0 Å². The summed E-state index contributed by atoms with van der Waals surface area (Å²) in [5.41, 5.74) is 2.11. The van der Waals surface area contributed by atoms with Gasteiger partial charge in [-0.3, -0.25) is 5.10 Å². The van der Waals surface area contributed by atoms with E-state index in [0.29, 0.717) is 5.92 Å². The van der Waals surface area contributed by atoms with E-state index in [-0.39, 0.29) is 6.61 Å². The standard InChI is InChI=1S/C9H14N2O/c1-6-2-7(3-6)9-8(5-12)4-10-11-9/h4,6-7,12H,2-3,5H2,1H3,(H,10,11). The summed E-state index contributed by atoms with van der Waals surface area (Å²) in [6.45, 7) is 2.36. The molecular weight excluding hydrogens is 152 g/mol. The van der Waals surface area contributed by atoms with Crippen LogP contribution in [0.4, 0.5) is 0 Å². The SMILES string of the molecule is CC1CC(c2[nH]ncc2CO)C1. The molecule has 0 amide bonds. The first-order valence-electron chi connectivity index (χ1n) is 4.44. The summed E-state index contributed by atoms with van der Waals surface area (Å²) in [6, 6.07) is 0. The lowest BCUT2D eigenvalue weighted by Gasteiger charge is -2.32. The third-order valence-corrected chi connectivity index (χ3v) is 2.70. The van der Waals surface area contributed by atoms with Crippen LogP contribution in [-0.4, -0.2) is 15.3 Å². The lowest BCUT2D eigenvalue weighted by atomic mass is 9.74. The maximum Gasteiger partial charge on any atom is 0.0715 e. The highest BCUT2D eigenvalue weighted by Crippen LogP contribution is 2.41. The number of nitrogens with one attached hydrogen (secondary N) is 1. The molecule has 1 aromatic rings. The number of nitrogens with zero attached hydrogens (tertiary/aromatic N) is 1. The minimum atomic E-state index is 0.108. The average molecular weight is 166 g/mol. The van der Waals surface area contributed by atoms with Crippen molar-refractivity contribution in [1.82, 2.24) is 10.2 Å². The fraction of sp³-hybridized carbons (Fsp3) is 0.667. The number of hydrogen-bond donors (Lipinski definition) is 2. The van der Waals surface area contributed by atoms with Crippen molar-refractivity contribution < 1.29 is 5.11 Å². The lowest BCUT2D eigenvalue weighted by Crippen LogP contribution is -2.20. The molecular formula is C9H14N2O. The van der Waals surface area contributed by atoms with E-state index >= 15 is 0 Å². The Hall–Kier alpha value is -0.830. The Morgan fingerprint density at radius 3 is 3.00 bits per heavy atom. The number of aromatic nitrogens is 2. The zero-order chi connectivity index (χ0) is 8.55. The summed E-state index contributed by atoms with van der Waals surface area (Å²) in [4.78, 5) is 0. The van der Waals surface area contributed by atoms with Gasteiger partial charge in [-0.2, -0.15) is 5.10 Å². The Morgan fingerprint density at radius 2 is 2.42 bits per heavy atom. The second-order valence-corrected chi connectivity index (χ2v) is 3.74. The molecule has 0 radical (unpaired) electrons. The van der Waals surface area contributed by atoms with E-state index in [1.54, 1.807) is 6.20 Å². The fourth-order valence-corrected chi connectivity index (χ4v) is 1.94. The van der Waals surface area contributed by atoms with Gasteiger partial charge in [0.1, 0.15) is 0 Å². The van der Waals surface area contributed by atoms with Crippen LogP contribution in [0.1, 0.15) is 36.9 Å². The predicted octanol–water partition coefficient (Wildman–Crippen LogP) is 1.42. The minimum Gasteiger partial charge on any atom is -0.392 e. The number of rotatable bonds is 2. The molecule has 2 N–H and O–H groups in total. The molecule has 0 atom stereocenters. The van der Waals surface area contributed by atoms with Gasteiger partial charge in [-0.25, -0.2) is 0 Å². The highest BCUT2D eigenvalue weighted by molar-refractivity contribution is 5.21. The molecule has 1 fully saturated rings. The summed E-state index contributed by atoms with van der Waals surface area (Å²) in [7, 11) is 0. The molecule has 0 unspecified atom stereocenters. The zero-order valence-electron chi connectivity index (χ0n) is 7.25. The van der Waals surface area contributed by atoms with Crippen molar-refractivity contribution in [2.24, 2.45) is 5.92 Å². The molecule has 3 nitrogen and oxygen atoms in total. The second-order valence-electron chi connectivity index (χ2n) is 3.74. The number of aliphatic hydroxyl groups excluding tert-OH is 1. The Balaban J connectivity index is 2.12. The van der Waals surface area contributed by atoms with Gasteiger partial charge < -0.3 is 5.11 Å². The molecule has 0 spiro atoms. The number of H-pyrrole nitrogens is 1. The van der Waals surface area contributed by atoms with Gasteiger partial charge in [0.15, 0.2) is 0 Å². The van der Waals surface area contributed by atoms with Crippen LogP contribution in [0.3, 0.4) is 0 Å². The van der Waals surface area contributed by atoms with Crippen molar-refractivity contribution in [1.29, 1.82) is 0 Å². The smallest absolute Gasteiger partial charge is 0.0715 e. The average Bonchev–Trinajstić information content (AvgIpc) is 2.45. The molecule has 1 aliphatic carbocycles. The monoisotopic (exact) mass is 166 g/mol. The highest BCUT2D eigenvalue weighted by Gasteiger charge is 2.29. The molecule has 1 aliphatic rings. The van der Waals surface area contributed by atoms with Crippen molar-refractivity contribution in [2.75, 3.05) is 0 Å². The Bertz CT molecular complexity index is 263. The number of hydrogen-bond acceptors (Lipinski definition) is 2. The first-order chi connectivity index (χ1) is 5.81. The van der Waals surface area contributed by atoms with Crippen LogP contribution in [0, 0.1) is 5.92 Å². The van der Waals surface area contributed by atoms with Gasteiger partial charge in [0.05, 0.1) is 12.8 Å². The van der Waals surface area contributed by atoms with Crippen LogP contribution < -0.4 is 0 Å². The van der Waals surface area contributed by atoms with Gasteiger partial charge in [-0.1, -0.05) is 6.92 Å². The largest absolute Gasteiger partial charge is 0.392 e. The van der Waals surface area contributed by atoms with E-state index in [1.165, 1.54) is 12.8 Å². The molecule has 0 aromatic carbocycles. The third kappa shape index (κ3) is 1.14. The number of aromatic amines is 1. The van der Waals surface area contributed by atoms with Crippen LogP contribution in [0.2, 0.25) is 0 Å². The molecule has 1 saturated carbocycles. The first kappa shape index (κ1) is 7.80. The van der Waals surface area contributed by atoms with Crippen molar-refractivity contribution in [3.63, 3.8) is 0 Å². The van der Waals surface area contributed by atoms with Crippen molar-refractivity contribution >= 4 is 0 Å². The molecule has 1 aromatic heterocycles. The first-order valence-corrected chi connectivity index (χ1v) is 4.44. The van der Waals surface area contributed by atoms with Gasteiger partial charge >= 0.3 is 0 Å². The van der Waals surface area contributed by atoms with E-state index in [4.69, 9.17) is 5.11 Å². The molecule has 0 saturated heterocycles. The summed E-state index contributed by atoms with van der Waals surface area (Å²) in [6.07, 6.45) is 4.18. The topological polar surface area (TPSA) is 48.9 Å². The Morgan fingerprint density at radius 1 is 1.67 bits per heavy atom. The Labute approximate surface area is 71.8 Å². The van der Waals surface area contributed by atoms with Crippen LogP contribution >= 0.6 is 0 Å². The van der Waals surface area contributed by atoms with Crippen LogP contribution in [0.15, 0.2) is 6.20 Å². The van der Waals surface area contributed by atoms with Crippen molar-refractivity contribution in [3.05, 3.63) is 17.5 Å².